The van der Waals surface area contributed by atoms with E-state index in [0.717, 1.165) is 0 Å². The zero-order valence-electron chi connectivity index (χ0n) is 17.8. The predicted octanol–water partition coefficient (Wildman–Crippen LogP) is 0.234. The molecule has 2 aliphatic heterocycles. The highest BCUT2D eigenvalue weighted by molar-refractivity contribution is 7.90. The zero-order valence-corrected chi connectivity index (χ0v) is 18.6. The number of furan rings is 1. The molecule has 0 aliphatic carbocycles. The first-order valence-electron chi connectivity index (χ1n) is 10.2. The number of hydrogen-bond donors (Lipinski definition) is 1. The van der Waals surface area contributed by atoms with Gasteiger partial charge in [-0.3, -0.25) is 19.3 Å². The van der Waals surface area contributed by atoms with E-state index in [1.54, 1.807) is 35.2 Å². The quantitative estimate of drug-likeness (QED) is 0.612. The Kier molecular flexibility index (Phi) is 6.18. The van der Waals surface area contributed by atoms with Gasteiger partial charge in [0.05, 0.1) is 11.2 Å². The van der Waals surface area contributed by atoms with Crippen LogP contribution < -0.4 is 4.72 Å². The van der Waals surface area contributed by atoms with Gasteiger partial charge >= 0.3 is 5.97 Å². The Balaban J connectivity index is 1.28. The highest BCUT2D eigenvalue weighted by Crippen LogP contribution is 2.22. The van der Waals surface area contributed by atoms with Gasteiger partial charge in [-0.05, 0) is 31.2 Å². The van der Waals surface area contributed by atoms with Gasteiger partial charge in [-0.2, -0.15) is 0 Å². The zero-order chi connectivity index (χ0) is 23.6. The molecule has 2 amide bonds. The fourth-order valence-corrected chi connectivity index (χ4v) is 4.77. The van der Waals surface area contributed by atoms with Crippen LogP contribution >= 0.6 is 0 Å². The molecule has 0 spiro atoms. The van der Waals surface area contributed by atoms with Crippen LogP contribution in [0.1, 0.15) is 23.0 Å². The van der Waals surface area contributed by atoms with Crippen molar-refractivity contribution in [2.75, 3.05) is 32.8 Å². The molecular weight excluding hydrogens is 452 g/mol. The number of amides is 2. The van der Waals surface area contributed by atoms with Crippen LogP contribution in [0, 0.1) is 0 Å². The maximum Gasteiger partial charge on any atom is 0.331 e. The number of aliphatic imine (C=N–C) groups is 1. The third-order valence-electron chi connectivity index (χ3n) is 5.32. The summed E-state index contributed by atoms with van der Waals surface area (Å²) in [6.45, 7) is 2.26. The number of hydrogen-bond acceptors (Lipinski definition) is 8. The van der Waals surface area contributed by atoms with E-state index >= 15 is 0 Å². The lowest BCUT2D eigenvalue weighted by Crippen LogP contribution is -2.51. The Morgan fingerprint density at radius 3 is 2.48 bits per heavy atom. The van der Waals surface area contributed by atoms with E-state index in [-0.39, 0.29) is 28.3 Å². The summed E-state index contributed by atoms with van der Waals surface area (Å²) in [5.74, 6) is -1.09. The van der Waals surface area contributed by atoms with Crippen molar-refractivity contribution in [2.24, 2.45) is 4.99 Å². The number of carbonyl (C=O) groups excluding carboxylic acids is 3. The van der Waals surface area contributed by atoms with Gasteiger partial charge in [0, 0.05) is 31.7 Å². The van der Waals surface area contributed by atoms with Crippen LogP contribution in [0.4, 0.5) is 0 Å². The molecular formula is C21H22N4O7S. The van der Waals surface area contributed by atoms with Gasteiger partial charge in [-0.1, -0.05) is 12.1 Å². The molecule has 0 bridgehead atoms. The maximum atomic E-state index is 12.4. The van der Waals surface area contributed by atoms with Crippen molar-refractivity contribution in [2.45, 2.75) is 17.9 Å². The SMILES string of the molecule is C[C@H](N=C1NS(=O)(=O)c2ccccc21)C(=O)OCC(=O)N1CCN(C(=O)c2ccco2)CC1. The summed E-state index contributed by atoms with van der Waals surface area (Å²) in [5, 5.41) is 0. The van der Waals surface area contributed by atoms with E-state index in [9.17, 15) is 22.8 Å². The molecule has 2 aromatic rings. The van der Waals surface area contributed by atoms with Crippen LogP contribution in [0.25, 0.3) is 0 Å². The van der Waals surface area contributed by atoms with Gasteiger partial charge in [0.2, 0.25) is 0 Å². The maximum absolute atomic E-state index is 12.4. The summed E-state index contributed by atoms with van der Waals surface area (Å²) in [4.78, 5) is 44.4. The third kappa shape index (κ3) is 4.75. The second-order valence-electron chi connectivity index (χ2n) is 7.51. The van der Waals surface area contributed by atoms with Crippen molar-refractivity contribution in [3.63, 3.8) is 0 Å². The summed E-state index contributed by atoms with van der Waals surface area (Å²) >= 11 is 0. The Labute approximate surface area is 190 Å². The first-order chi connectivity index (χ1) is 15.8. The summed E-state index contributed by atoms with van der Waals surface area (Å²) in [6.07, 6.45) is 1.42. The number of piperazine rings is 1. The lowest BCUT2D eigenvalue weighted by molar-refractivity contribution is -0.153. The van der Waals surface area contributed by atoms with Crippen LogP contribution in [0.5, 0.6) is 0 Å². The Bertz CT molecular complexity index is 1200. The standard InChI is InChI=1S/C21H22N4O7S/c1-14(22-19-15-5-2-3-7-17(15)33(29,30)23-19)21(28)32-13-18(26)24-8-10-25(11-9-24)20(27)16-6-4-12-31-16/h2-7,12,14H,8-11,13H2,1H3,(H,22,23)/t14-/m0/s1. The first kappa shape index (κ1) is 22.5. The van der Waals surface area contributed by atoms with Crippen molar-refractivity contribution in [3.05, 3.63) is 54.0 Å². The number of amidine groups is 1. The van der Waals surface area contributed by atoms with Crippen molar-refractivity contribution in [1.29, 1.82) is 0 Å². The van der Waals surface area contributed by atoms with Gasteiger partial charge in [0.15, 0.2) is 12.4 Å². The number of nitrogens with one attached hydrogen (secondary N) is 1. The van der Waals surface area contributed by atoms with Crippen molar-refractivity contribution in [1.82, 2.24) is 14.5 Å². The molecule has 1 atom stereocenters. The van der Waals surface area contributed by atoms with E-state index in [4.69, 9.17) is 9.15 Å². The summed E-state index contributed by atoms with van der Waals surface area (Å²) < 4.78 is 36.8. The Morgan fingerprint density at radius 1 is 1.09 bits per heavy atom. The molecule has 0 unspecified atom stereocenters. The number of benzene rings is 1. The molecule has 1 saturated heterocycles. The topological polar surface area (TPSA) is 139 Å². The van der Waals surface area contributed by atoms with Gasteiger partial charge < -0.3 is 19.0 Å². The first-order valence-corrected chi connectivity index (χ1v) is 11.7. The van der Waals surface area contributed by atoms with E-state index in [1.165, 1.54) is 24.2 Å². The number of ether oxygens (including phenoxy) is 1. The van der Waals surface area contributed by atoms with Crippen molar-refractivity contribution >= 4 is 33.6 Å². The number of fused-ring (bicyclic) bond motifs is 1. The number of nitrogens with zero attached hydrogens (tertiary/aromatic N) is 3. The molecule has 12 heteroatoms. The normalized spacial score (nSPS) is 19.0. The lowest BCUT2D eigenvalue weighted by atomic mass is 10.2. The molecule has 3 heterocycles. The minimum absolute atomic E-state index is 0.0544. The molecule has 0 saturated carbocycles. The Hall–Kier alpha value is -3.67. The van der Waals surface area contributed by atoms with Crippen LogP contribution in [-0.2, 0) is 24.3 Å². The average molecular weight is 474 g/mol. The molecule has 33 heavy (non-hydrogen) atoms. The summed E-state index contributed by atoms with van der Waals surface area (Å²) in [7, 11) is -3.72. The Morgan fingerprint density at radius 2 is 1.79 bits per heavy atom. The number of rotatable bonds is 5. The fraction of sp³-hybridized carbons (Fsp3) is 0.333. The van der Waals surface area contributed by atoms with Crippen LogP contribution in [0.15, 0.2) is 57.0 Å². The molecule has 4 rings (SSSR count). The van der Waals surface area contributed by atoms with E-state index in [0.29, 0.717) is 31.7 Å². The third-order valence-corrected chi connectivity index (χ3v) is 6.71. The van der Waals surface area contributed by atoms with E-state index < -0.39 is 28.6 Å². The smallest absolute Gasteiger partial charge is 0.331 e. The molecule has 174 valence electrons. The number of sulfonamides is 1. The second kappa shape index (κ2) is 9.06. The van der Waals surface area contributed by atoms with E-state index in [2.05, 4.69) is 9.71 Å². The number of esters is 1. The number of carbonyl (C=O) groups is 3. The molecule has 2 aliphatic rings. The van der Waals surface area contributed by atoms with E-state index in [1.807, 2.05) is 0 Å². The van der Waals surface area contributed by atoms with Crippen LogP contribution in [0.3, 0.4) is 0 Å². The van der Waals surface area contributed by atoms with Crippen LogP contribution in [0.2, 0.25) is 0 Å². The average Bonchev–Trinajstić information content (AvgIpc) is 3.44. The largest absolute Gasteiger partial charge is 0.459 e. The summed E-state index contributed by atoms with van der Waals surface area (Å²) in [5.41, 5.74) is 0.371. The highest BCUT2D eigenvalue weighted by Gasteiger charge is 2.32. The monoisotopic (exact) mass is 474 g/mol. The molecule has 1 aromatic heterocycles. The van der Waals surface area contributed by atoms with Crippen LogP contribution in [-0.4, -0.2) is 80.7 Å². The molecule has 1 N–H and O–H groups in total. The molecule has 0 radical (unpaired) electrons. The minimum atomic E-state index is -3.72. The highest BCUT2D eigenvalue weighted by atomic mass is 32.2. The van der Waals surface area contributed by atoms with Gasteiger partial charge in [0.25, 0.3) is 21.8 Å². The summed E-state index contributed by atoms with van der Waals surface area (Å²) in [6, 6.07) is 8.49. The predicted molar refractivity (Wildman–Crippen MR) is 115 cm³/mol. The van der Waals surface area contributed by atoms with Gasteiger partial charge in [-0.15, -0.1) is 0 Å². The van der Waals surface area contributed by atoms with Crippen molar-refractivity contribution in [3.8, 4) is 0 Å². The van der Waals surface area contributed by atoms with Gasteiger partial charge in [0.1, 0.15) is 11.9 Å². The van der Waals surface area contributed by atoms with Gasteiger partial charge in [-0.25, -0.2) is 13.2 Å². The minimum Gasteiger partial charge on any atom is -0.459 e. The second-order valence-corrected chi connectivity index (χ2v) is 9.16. The molecule has 11 nitrogen and oxygen atoms in total. The fourth-order valence-electron chi connectivity index (χ4n) is 3.54. The van der Waals surface area contributed by atoms with Crippen molar-refractivity contribution < 1.29 is 32.0 Å². The molecule has 1 fully saturated rings. The molecule has 1 aromatic carbocycles. The lowest BCUT2D eigenvalue weighted by Gasteiger charge is -2.34.